The molecule has 0 fully saturated rings. The minimum Gasteiger partial charge on any atom is -0.0623 e. The molecule has 0 nitrogen and oxygen atoms in total. The van der Waals surface area contributed by atoms with Crippen molar-refractivity contribution in [2.75, 3.05) is 0 Å². The molecule has 0 saturated carbocycles. The summed E-state index contributed by atoms with van der Waals surface area (Å²) >= 11 is 39.0. The van der Waals surface area contributed by atoms with Crippen molar-refractivity contribution in [1.29, 1.82) is 0 Å². The maximum absolute atomic E-state index is 5.79. The van der Waals surface area contributed by atoms with E-state index in [2.05, 4.69) is 294 Å². The van der Waals surface area contributed by atoms with E-state index < -0.39 is 0 Å². The molecule has 0 aliphatic carbocycles. The van der Waals surface area contributed by atoms with Gasteiger partial charge in [0.15, 0.2) is 0.760 Å². The Morgan fingerprint density at radius 1 is 0.400 bits per heavy atom. The summed E-state index contributed by atoms with van der Waals surface area (Å²) in [4.78, 5) is 0. The highest BCUT2D eigenvalue weighted by molar-refractivity contribution is 14.3. The summed E-state index contributed by atoms with van der Waals surface area (Å²) < 4.78 is -0.277. The van der Waals surface area contributed by atoms with Crippen molar-refractivity contribution in [3.05, 3.63) is 0 Å². The van der Waals surface area contributed by atoms with Gasteiger partial charge in [-0.3, -0.25) is 0 Å². The number of alkyl halides is 13. The Kier molecular flexibility index (Phi) is 15.9. The normalized spacial score (nSPS) is 16.5. The molecule has 0 aromatic carbocycles. The molecule has 14 heteroatoms. The number of hydrogen-bond acceptors (Lipinski definition) is 0. The third kappa shape index (κ3) is 6.67. The first-order valence-corrected chi connectivity index (χ1v) is 18.3. The van der Waals surface area contributed by atoms with E-state index in [1.54, 1.807) is 0 Å². The summed E-state index contributed by atoms with van der Waals surface area (Å²) in [5.41, 5.74) is 0. The maximum Gasteiger partial charge on any atom is 0.154 e. The van der Waals surface area contributed by atoms with Gasteiger partial charge in [-0.15, -0.1) is 0 Å². The molecule has 0 rings (SSSR count). The molecule has 0 heterocycles. The van der Waals surface area contributed by atoms with Gasteiger partial charge < -0.3 is 0 Å². The molecule has 121 valence electrons. The summed E-state index contributed by atoms with van der Waals surface area (Å²) in [6.45, 7) is 0. The van der Waals surface area contributed by atoms with Crippen molar-refractivity contribution in [3.8, 4) is 0 Å². The Labute approximate surface area is 302 Å². The molecule has 0 aromatic rings. The van der Waals surface area contributed by atoms with E-state index in [0.29, 0.717) is 0 Å². The van der Waals surface area contributed by atoms with Gasteiger partial charge in [0.25, 0.3) is 0 Å². The molecule has 0 aromatic heterocycles. The molecule has 1 radical (unpaired) electrons. The quantitative estimate of drug-likeness (QED) is 0.190. The molecule has 0 spiro atoms. The number of halogens is 13. The lowest BCUT2D eigenvalue weighted by Gasteiger charge is -2.53. The first kappa shape index (κ1) is 29.8. The van der Waals surface area contributed by atoms with Crippen molar-refractivity contribution in [1.82, 2.24) is 0 Å². The van der Waals surface area contributed by atoms with Gasteiger partial charge in [-0.05, 0) is 0 Å². The Morgan fingerprint density at radius 2 is 0.650 bits per heavy atom. The van der Waals surface area contributed by atoms with Crippen LogP contribution in [-0.4, -0.2) is 5.91 Å². The van der Waals surface area contributed by atoms with Gasteiger partial charge in [-0.2, -0.15) is 0 Å². The highest BCUT2D eigenvalue weighted by Gasteiger charge is 2.72. The van der Waals surface area contributed by atoms with Crippen molar-refractivity contribution in [2.45, 2.75) is 5.91 Å². The molecule has 0 saturated heterocycles. The summed E-state index contributed by atoms with van der Waals surface area (Å²) in [6, 6.07) is 0. The predicted octanol–water partition coefficient (Wildman–Crippen LogP) is 10.9. The van der Waals surface area contributed by atoms with Crippen LogP contribution in [0.25, 0.3) is 0 Å². The predicted molar refractivity (Wildman–Crippen MR) is 206 cm³/mol. The lowest BCUT2D eigenvalue weighted by molar-refractivity contribution is 0.766. The molecule has 0 unspecified atom stereocenters. The first-order chi connectivity index (χ1) is 8.25. The standard InChI is InChI=1S/C6I13S/c7-1(8,3(11,12)5(15,16)17)2(9,10)4(13,14)6(18,19)20. The van der Waals surface area contributed by atoms with Gasteiger partial charge in [0.2, 0.25) is 0 Å². The van der Waals surface area contributed by atoms with Crippen LogP contribution in [0.2, 0.25) is 0 Å². The second kappa shape index (κ2) is 10.6. The van der Waals surface area contributed by atoms with Crippen LogP contribution < -0.4 is 0 Å². The van der Waals surface area contributed by atoms with Gasteiger partial charge >= 0.3 is 0 Å². The zero-order valence-corrected chi connectivity index (χ0v) is 37.2. The second-order valence-electron chi connectivity index (χ2n) is 3.31. The first-order valence-electron chi connectivity index (χ1n) is 3.91. The van der Waals surface area contributed by atoms with E-state index in [9.17, 15) is 0 Å². The van der Waals surface area contributed by atoms with E-state index in [0.717, 1.165) is 0 Å². The van der Waals surface area contributed by atoms with E-state index in [1.807, 2.05) is 0 Å². The number of hydrogen-bond donors (Lipinski definition) is 0. The lowest BCUT2D eigenvalue weighted by Crippen LogP contribution is -2.61. The van der Waals surface area contributed by atoms with E-state index in [-0.39, 0.29) is 5.91 Å². The summed E-state index contributed by atoms with van der Waals surface area (Å²) in [5, 5.41) is 0. The monoisotopic (exact) mass is 1750 g/mol. The van der Waals surface area contributed by atoms with Crippen LogP contribution in [0, 0.1) is 0 Å². The molecule has 20 heavy (non-hydrogen) atoms. The van der Waals surface area contributed by atoms with Crippen LogP contribution in [-0.2, 0) is 0 Å². The van der Waals surface area contributed by atoms with Crippen molar-refractivity contribution in [3.63, 3.8) is 0 Å². The van der Waals surface area contributed by atoms with Gasteiger partial charge in [0, 0.05) is 0 Å². The van der Waals surface area contributed by atoms with Gasteiger partial charge in [-0.25, -0.2) is 0 Å². The van der Waals surface area contributed by atoms with Crippen molar-refractivity contribution >= 4 is 306 Å². The molecule has 0 atom stereocenters. The van der Waals surface area contributed by atoms with Crippen LogP contribution in [0.1, 0.15) is 0 Å². The van der Waals surface area contributed by atoms with Crippen LogP contribution in [0.5, 0.6) is 0 Å². The van der Waals surface area contributed by atoms with Gasteiger partial charge in [0.1, 0.15) is 5.15 Å². The smallest absolute Gasteiger partial charge is 0.0623 e. The van der Waals surface area contributed by atoms with Crippen LogP contribution in [0.4, 0.5) is 0 Å². The van der Waals surface area contributed by atoms with Crippen molar-refractivity contribution in [2.24, 2.45) is 0 Å². The van der Waals surface area contributed by atoms with E-state index >= 15 is 0 Å². The van der Waals surface area contributed by atoms with Crippen LogP contribution in [0.15, 0.2) is 0 Å². The molecule has 0 aliphatic heterocycles. The van der Waals surface area contributed by atoms with Gasteiger partial charge in [-0.1, -0.05) is 306 Å². The summed E-state index contributed by atoms with van der Waals surface area (Å²) in [7, 11) is 0. The molecule has 0 aliphatic rings. The van der Waals surface area contributed by atoms with Crippen LogP contribution >= 0.6 is 306 Å². The highest BCUT2D eigenvalue weighted by Crippen LogP contribution is 2.76. The minimum atomic E-state index is -0.262. The summed E-state index contributed by atoms with van der Waals surface area (Å²) in [6.07, 6.45) is 0. The van der Waals surface area contributed by atoms with Gasteiger partial charge in [0.05, 0.1) is 0 Å². The molecular formula is C6I13S. The molecule has 0 amide bonds. The third-order valence-corrected chi connectivity index (χ3v) is 42.6. The minimum absolute atomic E-state index is 0.00981. The fraction of sp³-hybridized carbons (Fsp3) is 1.00. The lowest BCUT2D eigenvalue weighted by atomic mass is 10.2. The fourth-order valence-electron chi connectivity index (χ4n) is 0.755. The van der Waals surface area contributed by atoms with Crippen LogP contribution in [0.3, 0.4) is 0 Å². The Morgan fingerprint density at radius 3 is 0.850 bits per heavy atom. The molecular weight excluding hydrogens is 1750 g/mol. The molecule has 0 N–H and O–H groups in total. The Hall–Kier alpha value is 9.84. The number of rotatable bonds is 5. The third-order valence-electron chi connectivity index (χ3n) is 1.90. The molecule has 0 bridgehead atoms. The topological polar surface area (TPSA) is 0 Å². The average Bonchev–Trinajstić information content (AvgIpc) is 2.12. The SMILES string of the molecule is [S]C(I)(I)C(I)(I)C(I)(I)C(I)(I)C(I)(I)C(I)(I)I. The van der Waals surface area contributed by atoms with E-state index in [4.69, 9.17) is 12.6 Å². The largest absolute Gasteiger partial charge is 0.154 e. The zero-order chi connectivity index (χ0) is 17.0. The Balaban J connectivity index is 6.08. The highest BCUT2D eigenvalue weighted by atomic mass is 127. The second-order valence-corrected chi connectivity index (χ2v) is 42.9. The van der Waals surface area contributed by atoms with Crippen molar-refractivity contribution < 1.29 is 0 Å². The summed E-state index contributed by atoms with van der Waals surface area (Å²) in [5.74, 6) is 0. The maximum atomic E-state index is 5.79. The van der Waals surface area contributed by atoms with E-state index in [1.165, 1.54) is 0 Å². The fourth-order valence-corrected chi connectivity index (χ4v) is 17.4. The zero-order valence-electron chi connectivity index (χ0n) is 8.32. The Bertz CT molecular complexity index is 324. The average molecular weight is 1750 g/mol.